The third-order valence-corrected chi connectivity index (χ3v) is 5.88. The van der Waals surface area contributed by atoms with E-state index in [4.69, 9.17) is 9.47 Å². The molecule has 0 aliphatic carbocycles. The predicted octanol–water partition coefficient (Wildman–Crippen LogP) is 4.97. The number of amides is 1. The molecule has 148 valence electrons. The van der Waals surface area contributed by atoms with E-state index in [0.29, 0.717) is 22.1 Å². The molecule has 0 saturated carbocycles. The van der Waals surface area contributed by atoms with Crippen LogP contribution in [0.2, 0.25) is 0 Å². The first-order valence-corrected chi connectivity index (χ1v) is 9.92. The molecule has 4 rings (SSSR count). The van der Waals surface area contributed by atoms with Crippen molar-refractivity contribution < 1.29 is 14.3 Å². The number of nitrogens with zero attached hydrogens (tertiary/aromatic N) is 2. The lowest BCUT2D eigenvalue weighted by atomic mass is 10.2. The van der Waals surface area contributed by atoms with Gasteiger partial charge in [-0.25, -0.2) is 4.68 Å². The minimum atomic E-state index is -0.200. The molecule has 0 radical (unpaired) electrons. The van der Waals surface area contributed by atoms with Crippen LogP contribution in [-0.2, 0) is 0 Å². The van der Waals surface area contributed by atoms with Crippen molar-refractivity contribution in [2.45, 2.75) is 13.8 Å². The van der Waals surface area contributed by atoms with Gasteiger partial charge >= 0.3 is 0 Å². The first-order valence-electron chi connectivity index (χ1n) is 9.10. The lowest BCUT2D eigenvalue weighted by molar-refractivity contribution is 0.103. The van der Waals surface area contributed by atoms with Crippen LogP contribution in [0.4, 0.5) is 5.69 Å². The lowest BCUT2D eigenvalue weighted by Gasteiger charge is -2.11. The molecule has 29 heavy (non-hydrogen) atoms. The number of aryl methyl sites for hydroxylation is 2. The van der Waals surface area contributed by atoms with E-state index in [2.05, 4.69) is 23.4 Å². The summed E-state index contributed by atoms with van der Waals surface area (Å²) in [5, 5.41) is 8.58. The molecule has 2 aromatic carbocycles. The molecule has 0 atom stereocenters. The Morgan fingerprint density at radius 3 is 2.59 bits per heavy atom. The second-order valence-corrected chi connectivity index (χ2v) is 7.66. The topological polar surface area (TPSA) is 65.4 Å². The Hall–Kier alpha value is -3.32. The Labute approximate surface area is 172 Å². The molecule has 0 aliphatic heterocycles. The van der Waals surface area contributed by atoms with Crippen LogP contribution in [0.1, 0.15) is 20.9 Å². The molecule has 0 unspecified atom stereocenters. The average molecular weight is 407 g/mol. The SMILES string of the molecule is COc1ccc(OC)c(NC(=O)c2cc3c(C)nn(-c4ccccc4C)c3s2)c1. The smallest absolute Gasteiger partial charge is 0.265 e. The van der Waals surface area contributed by atoms with Gasteiger partial charge in [0.15, 0.2) is 0 Å². The molecule has 6 nitrogen and oxygen atoms in total. The standard InChI is InChI=1S/C22H21N3O3S/c1-13-7-5-6-8-18(13)25-22-16(14(2)24-25)12-20(29-22)21(26)23-17-11-15(27-3)9-10-19(17)28-4/h5-12H,1-4H3,(H,23,26). The number of hydrogen-bond donors (Lipinski definition) is 1. The third kappa shape index (κ3) is 3.45. The number of rotatable bonds is 5. The number of aromatic nitrogens is 2. The van der Waals surface area contributed by atoms with Gasteiger partial charge in [0.1, 0.15) is 16.3 Å². The van der Waals surface area contributed by atoms with Crippen LogP contribution in [0.25, 0.3) is 15.9 Å². The van der Waals surface area contributed by atoms with Crippen molar-refractivity contribution in [1.82, 2.24) is 9.78 Å². The molecule has 0 aliphatic rings. The van der Waals surface area contributed by atoms with Crippen molar-refractivity contribution in [3.8, 4) is 17.2 Å². The second-order valence-electron chi connectivity index (χ2n) is 6.63. The van der Waals surface area contributed by atoms with Crippen molar-refractivity contribution in [2.24, 2.45) is 0 Å². The summed E-state index contributed by atoms with van der Waals surface area (Å²) in [5.41, 5.74) is 3.58. The van der Waals surface area contributed by atoms with Crippen molar-refractivity contribution in [3.63, 3.8) is 0 Å². The molecule has 1 N–H and O–H groups in total. The monoisotopic (exact) mass is 407 g/mol. The maximum absolute atomic E-state index is 12.9. The van der Waals surface area contributed by atoms with Crippen LogP contribution in [0.15, 0.2) is 48.5 Å². The van der Waals surface area contributed by atoms with E-state index in [0.717, 1.165) is 27.2 Å². The summed E-state index contributed by atoms with van der Waals surface area (Å²) in [5.74, 6) is 1.01. The number of nitrogens with one attached hydrogen (secondary N) is 1. The van der Waals surface area contributed by atoms with Gasteiger partial charge < -0.3 is 14.8 Å². The van der Waals surface area contributed by atoms with Gasteiger partial charge in [-0.1, -0.05) is 18.2 Å². The number of benzene rings is 2. The number of anilines is 1. The molecule has 4 aromatic rings. The molecule has 7 heteroatoms. The van der Waals surface area contributed by atoms with Crippen LogP contribution in [0.5, 0.6) is 11.5 Å². The number of carbonyl (C=O) groups excluding carboxylic acids is 1. The lowest BCUT2D eigenvalue weighted by Crippen LogP contribution is -2.11. The van der Waals surface area contributed by atoms with Crippen LogP contribution < -0.4 is 14.8 Å². The van der Waals surface area contributed by atoms with Crippen molar-refractivity contribution in [2.75, 3.05) is 19.5 Å². The van der Waals surface area contributed by atoms with Crippen LogP contribution >= 0.6 is 11.3 Å². The summed E-state index contributed by atoms with van der Waals surface area (Å²) in [6.45, 7) is 4.01. The van der Waals surface area contributed by atoms with E-state index in [9.17, 15) is 4.79 Å². The minimum absolute atomic E-state index is 0.200. The van der Waals surface area contributed by atoms with E-state index in [1.54, 1.807) is 32.4 Å². The van der Waals surface area contributed by atoms with Gasteiger partial charge in [-0.05, 0) is 43.7 Å². The number of hydrogen-bond acceptors (Lipinski definition) is 5. The number of carbonyl (C=O) groups is 1. The van der Waals surface area contributed by atoms with Gasteiger partial charge in [0.05, 0.1) is 36.2 Å². The quantitative estimate of drug-likeness (QED) is 0.507. The van der Waals surface area contributed by atoms with E-state index in [-0.39, 0.29) is 5.91 Å². The molecular formula is C22H21N3O3S. The highest BCUT2D eigenvalue weighted by Crippen LogP contribution is 2.33. The summed E-state index contributed by atoms with van der Waals surface area (Å²) in [7, 11) is 3.15. The fourth-order valence-corrected chi connectivity index (χ4v) is 4.29. The third-order valence-electron chi connectivity index (χ3n) is 4.77. The first kappa shape index (κ1) is 19.0. The zero-order chi connectivity index (χ0) is 20.5. The van der Waals surface area contributed by atoms with Crippen LogP contribution in [0, 0.1) is 13.8 Å². The molecular weight excluding hydrogens is 386 g/mol. The Balaban J connectivity index is 1.72. The van der Waals surface area contributed by atoms with E-state index in [1.807, 2.05) is 35.9 Å². The molecule has 0 bridgehead atoms. The number of ether oxygens (including phenoxy) is 2. The second kappa shape index (κ2) is 7.60. The summed E-state index contributed by atoms with van der Waals surface area (Å²) < 4.78 is 12.5. The summed E-state index contributed by atoms with van der Waals surface area (Å²) in [6.07, 6.45) is 0. The maximum Gasteiger partial charge on any atom is 0.265 e. The number of fused-ring (bicyclic) bond motifs is 1. The Bertz CT molecular complexity index is 1210. The number of thiophene rings is 1. The highest BCUT2D eigenvalue weighted by atomic mass is 32.1. The molecule has 0 saturated heterocycles. The van der Waals surface area contributed by atoms with Crippen molar-refractivity contribution >= 4 is 33.1 Å². The number of methoxy groups -OCH3 is 2. The van der Waals surface area contributed by atoms with Gasteiger partial charge in [-0.2, -0.15) is 5.10 Å². The van der Waals surface area contributed by atoms with Crippen LogP contribution in [-0.4, -0.2) is 29.9 Å². The number of para-hydroxylation sites is 1. The fraction of sp³-hybridized carbons (Fsp3) is 0.182. The van der Waals surface area contributed by atoms with Gasteiger partial charge in [-0.15, -0.1) is 11.3 Å². The summed E-state index contributed by atoms with van der Waals surface area (Å²) in [4.78, 5) is 14.5. The van der Waals surface area contributed by atoms with E-state index >= 15 is 0 Å². The Morgan fingerprint density at radius 1 is 1.07 bits per heavy atom. The van der Waals surface area contributed by atoms with E-state index < -0.39 is 0 Å². The largest absolute Gasteiger partial charge is 0.497 e. The highest BCUT2D eigenvalue weighted by molar-refractivity contribution is 7.20. The average Bonchev–Trinajstić information content (AvgIpc) is 3.29. The zero-order valence-electron chi connectivity index (χ0n) is 16.6. The van der Waals surface area contributed by atoms with Gasteiger partial charge in [0.25, 0.3) is 5.91 Å². The minimum Gasteiger partial charge on any atom is -0.497 e. The summed E-state index contributed by atoms with van der Waals surface area (Å²) >= 11 is 1.42. The van der Waals surface area contributed by atoms with Gasteiger partial charge in [-0.3, -0.25) is 4.79 Å². The Morgan fingerprint density at radius 2 is 1.86 bits per heavy atom. The van der Waals surface area contributed by atoms with Crippen LogP contribution in [0.3, 0.4) is 0 Å². The van der Waals surface area contributed by atoms with Gasteiger partial charge in [0.2, 0.25) is 0 Å². The maximum atomic E-state index is 12.9. The fourth-order valence-electron chi connectivity index (χ4n) is 3.22. The van der Waals surface area contributed by atoms with Crippen molar-refractivity contribution in [3.05, 3.63) is 64.7 Å². The highest BCUT2D eigenvalue weighted by Gasteiger charge is 2.19. The summed E-state index contributed by atoms with van der Waals surface area (Å²) in [6, 6.07) is 15.2. The first-order chi connectivity index (χ1) is 14.0. The zero-order valence-corrected chi connectivity index (χ0v) is 17.5. The molecule has 2 heterocycles. The Kier molecular flexibility index (Phi) is 4.98. The van der Waals surface area contributed by atoms with Gasteiger partial charge in [0, 0.05) is 11.5 Å². The molecule has 0 spiro atoms. The molecule has 1 amide bonds. The molecule has 2 aromatic heterocycles. The molecule has 0 fully saturated rings. The predicted molar refractivity (Wildman–Crippen MR) is 116 cm³/mol. The normalized spacial score (nSPS) is 10.9. The van der Waals surface area contributed by atoms with E-state index in [1.165, 1.54) is 11.3 Å². The van der Waals surface area contributed by atoms with Crippen molar-refractivity contribution in [1.29, 1.82) is 0 Å².